The fourth-order valence-electron chi connectivity index (χ4n) is 3.15. The van der Waals surface area contributed by atoms with Gasteiger partial charge in [0.2, 0.25) is 0 Å². The van der Waals surface area contributed by atoms with Crippen LogP contribution in [0.1, 0.15) is 48.2 Å². The largest absolute Gasteiger partial charge is 0.310 e. The third-order valence-corrected chi connectivity index (χ3v) is 4.47. The molecule has 1 N–H and O–H groups in total. The Hall–Kier alpha value is -1.61. The van der Waals surface area contributed by atoms with Crippen LogP contribution in [-0.4, -0.2) is 16.3 Å². The first-order valence-electron chi connectivity index (χ1n) is 8.06. The lowest BCUT2D eigenvalue weighted by Crippen LogP contribution is -2.22. The fraction of sp³-hybridized carbons (Fsp3) is 0.500. The van der Waals surface area contributed by atoms with E-state index in [1.807, 2.05) is 17.9 Å². The van der Waals surface area contributed by atoms with Crippen molar-refractivity contribution >= 4 is 0 Å². The second-order valence-electron chi connectivity index (χ2n) is 6.14. The number of rotatable bonds is 5. The molecule has 1 aromatic heterocycles. The molecule has 1 unspecified atom stereocenters. The summed E-state index contributed by atoms with van der Waals surface area (Å²) in [5.74, 6) is 0. The summed E-state index contributed by atoms with van der Waals surface area (Å²) in [6.07, 6.45) is 8.20. The van der Waals surface area contributed by atoms with E-state index in [0.717, 1.165) is 18.7 Å². The first-order valence-corrected chi connectivity index (χ1v) is 8.06. The zero-order valence-corrected chi connectivity index (χ0v) is 13.1. The van der Waals surface area contributed by atoms with Crippen molar-refractivity contribution in [1.82, 2.24) is 15.1 Å². The van der Waals surface area contributed by atoms with Crippen molar-refractivity contribution in [1.29, 1.82) is 0 Å². The smallest absolute Gasteiger partial charge is 0.0637 e. The molecule has 1 aliphatic carbocycles. The number of aryl methyl sites for hydroxylation is 3. The van der Waals surface area contributed by atoms with Crippen LogP contribution in [-0.2, 0) is 26.3 Å². The molecule has 112 valence electrons. The molecule has 0 amide bonds. The molecule has 1 aliphatic rings. The number of hydrogen-bond donors (Lipinski definition) is 1. The Morgan fingerprint density at radius 3 is 2.76 bits per heavy atom. The summed E-state index contributed by atoms with van der Waals surface area (Å²) in [4.78, 5) is 0. The Bertz CT molecular complexity index is 600. The number of fused-ring (bicyclic) bond motifs is 1. The molecule has 0 saturated heterocycles. The zero-order chi connectivity index (χ0) is 14.7. The summed E-state index contributed by atoms with van der Waals surface area (Å²) >= 11 is 0. The molecule has 0 saturated carbocycles. The van der Waals surface area contributed by atoms with Gasteiger partial charge in [-0.15, -0.1) is 0 Å². The minimum atomic E-state index is 0.404. The van der Waals surface area contributed by atoms with Crippen LogP contribution in [0.15, 0.2) is 30.5 Å². The lowest BCUT2D eigenvalue weighted by molar-refractivity contribution is 0.569. The highest BCUT2D eigenvalue weighted by Gasteiger charge is 2.12. The van der Waals surface area contributed by atoms with E-state index in [2.05, 4.69) is 41.6 Å². The zero-order valence-electron chi connectivity index (χ0n) is 13.1. The van der Waals surface area contributed by atoms with Crippen molar-refractivity contribution in [3.63, 3.8) is 0 Å². The van der Waals surface area contributed by atoms with Gasteiger partial charge in [-0.3, -0.25) is 4.68 Å². The van der Waals surface area contributed by atoms with Gasteiger partial charge in [0.25, 0.3) is 0 Å². The van der Waals surface area contributed by atoms with E-state index in [4.69, 9.17) is 0 Å². The molecule has 3 rings (SSSR count). The Morgan fingerprint density at radius 1 is 1.19 bits per heavy atom. The van der Waals surface area contributed by atoms with Gasteiger partial charge in [-0.05, 0) is 55.4 Å². The second-order valence-corrected chi connectivity index (χ2v) is 6.14. The quantitative estimate of drug-likeness (QED) is 0.913. The third-order valence-electron chi connectivity index (χ3n) is 4.47. The average Bonchev–Trinajstić information content (AvgIpc) is 2.92. The maximum absolute atomic E-state index is 4.41. The first kappa shape index (κ1) is 14.3. The Morgan fingerprint density at radius 2 is 2.00 bits per heavy atom. The van der Waals surface area contributed by atoms with Crippen molar-refractivity contribution in [2.24, 2.45) is 7.05 Å². The fourth-order valence-corrected chi connectivity index (χ4v) is 3.15. The van der Waals surface area contributed by atoms with Crippen LogP contribution in [0.2, 0.25) is 0 Å². The summed E-state index contributed by atoms with van der Waals surface area (Å²) < 4.78 is 1.86. The summed E-state index contributed by atoms with van der Waals surface area (Å²) in [5.41, 5.74) is 5.70. The molecule has 1 aromatic carbocycles. The van der Waals surface area contributed by atoms with Crippen molar-refractivity contribution in [2.45, 2.75) is 45.1 Å². The number of nitrogens with one attached hydrogen (secondary N) is 1. The maximum atomic E-state index is 4.41. The van der Waals surface area contributed by atoms with Gasteiger partial charge in [-0.1, -0.05) is 18.2 Å². The average molecular weight is 283 g/mol. The number of nitrogens with zero attached hydrogens (tertiary/aromatic N) is 2. The third kappa shape index (κ3) is 3.53. The van der Waals surface area contributed by atoms with Gasteiger partial charge >= 0.3 is 0 Å². The van der Waals surface area contributed by atoms with Crippen LogP contribution in [0.25, 0.3) is 0 Å². The normalized spacial score (nSPS) is 15.7. The van der Waals surface area contributed by atoms with Crippen molar-refractivity contribution in [3.8, 4) is 0 Å². The van der Waals surface area contributed by atoms with Crippen LogP contribution < -0.4 is 5.32 Å². The molecule has 1 heterocycles. The topological polar surface area (TPSA) is 29.9 Å². The van der Waals surface area contributed by atoms with Gasteiger partial charge in [-0.2, -0.15) is 5.10 Å². The van der Waals surface area contributed by atoms with Gasteiger partial charge in [0, 0.05) is 32.3 Å². The van der Waals surface area contributed by atoms with E-state index in [1.165, 1.54) is 31.2 Å². The molecule has 0 radical (unpaired) electrons. The van der Waals surface area contributed by atoms with E-state index in [9.17, 15) is 0 Å². The van der Waals surface area contributed by atoms with Crippen LogP contribution in [0.4, 0.5) is 0 Å². The van der Waals surface area contributed by atoms with Gasteiger partial charge in [0.15, 0.2) is 0 Å². The van der Waals surface area contributed by atoms with Crippen molar-refractivity contribution in [2.75, 3.05) is 6.54 Å². The maximum Gasteiger partial charge on any atom is 0.0637 e. The number of hydrogen-bond acceptors (Lipinski definition) is 2. The van der Waals surface area contributed by atoms with Gasteiger partial charge in [0.1, 0.15) is 0 Å². The molecule has 3 nitrogen and oxygen atoms in total. The molecular formula is C18H25N3. The monoisotopic (exact) mass is 283 g/mol. The summed E-state index contributed by atoms with van der Waals surface area (Å²) in [5, 5.41) is 8.03. The van der Waals surface area contributed by atoms with Crippen molar-refractivity contribution < 1.29 is 0 Å². The van der Waals surface area contributed by atoms with Crippen molar-refractivity contribution in [3.05, 3.63) is 52.8 Å². The molecule has 3 heteroatoms. The van der Waals surface area contributed by atoms with E-state index >= 15 is 0 Å². The Kier molecular flexibility index (Phi) is 4.39. The van der Waals surface area contributed by atoms with E-state index < -0.39 is 0 Å². The summed E-state index contributed by atoms with van der Waals surface area (Å²) in [6, 6.07) is 9.53. The van der Waals surface area contributed by atoms with E-state index in [1.54, 1.807) is 11.1 Å². The SMILES string of the molecule is CC(NCCc1ccn(C)n1)c1ccc2c(c1)CCCC2. The van der Waals surface area contributed by atoms with E-state index in [0.29, 0.717) is 6.04 Å². The predicted molar refractivity (Wildman–Crippen MR) is 86.4 cm³/mol. The van der Waals surface area contributed by atoms with Gasteiger partial charge in [0.05, 0.1) is 5.69 Å². The van der Waals surface area contributed by atoms with Crippen LogP contribution in [0.3, 0.4) is 0 Å². The molecule has 21 heavy (non-hydrogen) atoms. The Labute approximate surface area is 127 Å². The minimum Gasteiger partial charge on any atom is -0.310 e. The highest BCUT2D eigenvalue weighted by atomic mass is 15.2. The Balaban J connectivity index is 1.56. The predicted octanol–water partition coefficient (Wildman–Crippen LogP) is 3.19. The number of benzene rings is 1. The molecular weight excluding hydrogens is 258 g/mol. The highest BCUT2D eigenvalue weighted by Crippen LogP contribution is 2.24. The second kappa shape index (κ2) is 6.44. The lowest BCUT2D eigenvalue weighted by atomic mass is 9.89. The van der Waals surface area contributed by atoms with Gasteiger partial charge in [-0.25, -0.2) is 0 Å². The highest BCUT2D eigenvalue weighted by molar-refractivity contribution is 5.35. The van der Waals surface area contributed by atoms with Crippen LogP contribution in [0, 0.1) is 0 Å². The molecule has 0 spiro atoms. The molecule has 0 fully saturated rings. The van der Waals surface area contributed by atoms with Gasteiger partial charge < -0.3 is 5.32 Å². The first-order chi connectivity index (χ1) is 10.2. The number of aromatic nitrogens is 2. The minimum absolute atomic E-state index is 0.404. The van der Waals surface area contributed by atoms with Crippen LogP contribution >= 0.6 is 0 Å². The summed E-state index contributed by atoms with van der Waals surface area (Å²) in [7, 11) is 1.96. The summed E-state index contributed by atoms with van der Waals surface area (Å²) in [6.45, 7) is 3.22. The molecule has 0 aliphatic heterocycles. The lowest BCUT2D eigenvalue weighted by Gasteiger charge is -2.20. The van der Waals surface area contributed by atoms with Crippen LogP contribution in [0.5, 0.6) is 0 Å². The standard InChI is InChI=1S/C18H25N3/c1-14(19-11-9-18-10-12-21(2)20-18)16-8-7-15-5-3-4-6-17(15)13-16/h7-8,10,12-14,19H,3-6,9,11H2,1-2H3. The molecule has 0 bridgehead atoms. The molecule has 2 aromatic rings. The molecule has 1 atom stereocenters. The van der Waals surface area contributed by atoms with E-state index in [-0.39, 0.29) is 0 Å².